The van der Waals surface area contributed by atoms with Crippen LogP contribution in [0.1, 0.15) is 11.1 Å². The summed E-state index contributed by atoms with van der Waals surface area (Å²) in [4.78, 5) is 0. The third kappa shape index (κ3) is 5.34. The van der Waals surface area contributed by atoms with Crippen molar-refractivity contribution in [1.29, 1.82) is 0 Å². The standard InChI is InChI=1S/C49H32N2O29/c50-49(51)17-9(10-18(49)36(69)45(78)41(74)25(10)58)19(52)11(31(64)35(17)68)1-3-5(22(55)39(72)37(70)20(3)53)2(6-4(1)21(54)38(71)40(73)23(6)56)12-26(59)28(61)13(29(62)27(12)60)7-8-15-33(66)30(63)14-16(34(67)43(76)42(75)32(14)65)47(15)80-48(8)46(79)44(77)24(7)57/h52-79H,50-51H2. The lowest BCUT2D eigenvalue weighted by molar-refractivity contribution is 0.339. The Morgan fingerprint density at radius 2 is 0.412 bits per heavy atom. The van der Waals surface area contributed by atoms with E-state index in [1.807, 2.05) is 0 Å². The Bertz CT molecular complexity index is 4600. The summed E-state index contributed by atoms with van der Waals surface area (Å²) in [5.74, 6) is -46.5. The molecule has 1 heterocycles. The fraction of sp³-hybridized carbons (Fsp3) is 0.0204. The molecular formula is C49H32N2O29. The molecule has 0 amide bonds. The van der Waals surface area contributed by atoms with Crippen LogP contribution >= 0.6 is 0 Å². The Morgan fingerprint density at radius 3 is 0.838 bits per heavy atom. The van der Waals surface area contributed by atoms with Gasteiger partial charge in [0.15, 0.2) is 109 Å². The lowest BCUT2D eigenvalue weighted by Gasteiger charge is -2.26. The van der Waals surface area contributed by atoms with Crippen molar-refractivity contribution in [2.75, 3.05) is 0 Å². The van der Waals surface area contributed by atoms with Crippen molar-refractivity contribution < 1.29 is 147 Å². The molecule has 0 unspecified atom stereocenters. The zero-order chi connectivity index (χ0) is 58.9. The molecule has 0 atom stereocenters. The van der Waals surface area contributed by atoms with Crippen LogP contribution in [0.2, 0.25) is 0 Å². The summed E-state index contributed by atoms with van der Waals surface area (Å²) in [6.07, 6.45) is 0. The zero-order valence-corrected chi connectivity index (χ0v) is 38.6. The van der Waals surface area contributed by atoms with Gasteiger partial charge in [0.25, 0.3) is 0 Å². The SMILES string of the molecule is NC1(N)c2c(O)c(O)c(O)c(O)c2-c2c(O)c(-c3c4c(O)c(O)c(O)c(O)c4c(-c4c(O)c(O)c(-c5c(O)c(O)c(O)c6oc7c8c(O)c(O)c(O)c(O)c8c(O)c(O)c7c56)c(O)c4O)c4c(O)c(O)c(O)c(O)c34)c(O)c(O)c21. The van der Waals surface area contributed by atoms with Crippen LogP contribution in [0.15, 0.2) is 4.42 Å². The van der Waals surface area contributed by atoms with Crippen molar-refractivity contribution >= 4 is 54.3 Å². The largest absolute Gasteiger partial charge is 0.506 e. The first-order chi connectivity index (χ1) is 37.2. The highest BCUT2D eigenvalue weighted by atomic mass is 16.4. The maximum absolute atomic E-state index is 12.3. The van der Waals surface area contributed by atoms with Gasteiger partial charge in [-0.3, -0.25) is 0 Å². The molecule has 0 aliphatic heterocycles. The summed E-state index contributed by atoms with van der Waals surface area (Å²) in [7, 11) is 0. The molecule has 1 aromatic heterocycles. The highest BCUT2D eigenvalue weighted by Gasteiger charge is 2.50. The van der Waals surface area contributed by atoms with Gasteiger partial charge in [0.05, 0.1) is 32.8 Å². The first-order valence-electron chi connectivity index (χ1n) is 21.7. The van der Waals surface area contributed by atoms with Crippen LogP contribution in [0.5, 0.6) is 161 Å². The monoisotopic (exact) mass is 1110 g/mol. The zero-order valence-electron chi connectivity index (χ0n) is 38.6. The molecule has 10 aromatic rings. The van der Waals surface area contributed by atoms with E-state index in [4.69, 9.17) is 15.9 Å². The summed E-state index contributed by atoms with van der Waals surface area (Å²) in [6, 6.07) is 0. The van der Waals surface area contributed by atoms with E-state index in [2.05, 4.69) is 0 Å². The van der Waals surface area contributed by atoms with Crippen LogP contribution < -0.4 is 11.5 Å². The first-order valence-corrected chi connectivity index (χ1v) is 21.7. The van der Waals surface area contributed by atoms with Crippen molar-refractivity contribution in [3.63, 3.8) is 0 Å². The molecule has 0 saturated carbocycles. The van der Waals surface area contributed by atoms with Gasteiger partial charge >= 0.3 is 0 Å². The summed E-state index contributed by atoms with van der Waals surface area (Å²) in [5, 5.41) is 307. The number of furan rings is 1. The minimum Gasteiger partial charge on any atom is -0.506 e. The van der Waals surface area contributed by atoms with E-state index in [1.54, 1.807) is 0 Å². The lowest BCUT2D eigenvalue weighted by atomic mass is 9.81. The van der Waals surface area contributed by atoms with Crippen molar-refractivity contribution in [1.82, 2.24) is 0 Å². The fourth-order valence-electron chi connectivity index (χ4n) is 10.7. The third-order valence-corrected chi connectivity index (χ3v) is 14.2. The number of hydrogen-bond acceptors (Lipinski definition) is 31. The number of phenols is 28. The van der Waals surface area contributed by atoms with Crippen LogP contribution in [0, 0.1) is 0 Å². The minimum atomic E-state index is -2.91. The average molecular weight is 1110 g/mol. The first kappa shape index (κ1) is 50.1. The van der Waals surface area contributed by atoms with E-state index in [9.17, 15) is 143 Å². The topological polar surface area (TPSA) is 632 Å². The van der Waals surface area contributed by atoms with E-state index in [0.717, 1.165) is 0 Å². The molecule has 0 spiro atoms. The average Bonchev–Trinajstić information content (AvgIpc) is 3.95. The van der Waals surface area contributed by atoms with Gasteiger partial charge < -0.3 is 159 Å². The van der Waals surface area contributed by atoms with Gasteiger partial charge in [0.1, 0.15) is 11.4 Å². The highest BCUT2D eigenvalue weighted by molar-refractivity contribution is 6.32. The van der Waals surface area contributed by atoms with E-state index >= 15 is 0 Å². The molecule has 31 nitrogen and oxygen atoms in total. The highest BCUT2D eigenvalue weighted by Crippen LogP contribution is 2.71. The molecule has 11 rings (SSSR count). The molecule has 32 N–H and O–H groups in total. The Morgan fingerprint density at radius 1 is 0.175 bits per heavy atom. The Hall–Kier alpha value is -12.1. The molecule has 1 aliphatic carbocycles. The molecular weight excluding hydrogens is 1080 g/mol. The van der Waals surface area contributed by atoms with Crippen LogP contribution in [0.4, 0.5) is 0 Å². The number of benzene rings is 9. The number of fused-ring (bicyclic) bond motifs is 10. The van der Waals surface area contributed by atoms with Crippen molar-refractivity contribution in [2.24, 2.45) is 11.5 Å². The molecule has 9 aromatic carbocycles. The molecule has 412 valence electrons. The predicted octanol–water partition coefficient (Wildman–Crippen LogP) is 3.90. The van der Waals surface area contributed by atoms with E-state index in [1.165, 1.54) is 0 Å². The van der Waals surface area contributed by atoms with Crippen molar-refractivity contribution in [2.45, 2.75) is 5.66 Å². The molecule has 0 fully saturated rings. The fourth-order valence-corrected chi connectivity index (χ4v) is 10.7. The van der Waals surface area contributed by atoms with Gasteiger partial charge in [-0.05, 0) is 0 Å². The van der Waals surface area contributed by atoms with Crippen LogP contribution in [-0.4, -0.2) is 143 Å². The molecule has 0 saturated heterocycles. The van der Waals surface area contributed by atoms with Crippen molar-refractivity contribution in [3.8, 4) is 205 Å². The predicted molar refractivity (Wildman–Crippen MR) is 264 cm³/mol. The summed E-state index contributed by atoms with van der Waals surface area (Å²) in [6.45, 7) is 0. The summed E-state index contributed by atoms with van der Waals surface area (Å²) < 4.78 is 5.58. The maximum Gasteiger partial charge on any atom is 0.205 e. The lowest BCUT2D eigenvalue weighted by Crippen LogP contribution is -2.45. The number of nitrogens with two attached hydrogens (primary N) is 2. The third-order valence-electron chi connectivity index (χ3n) is 14.2. The van der Waals surface area contributed by atoms with Crippen LogP contribution in [-0.2, 0) is 5.66 Å². The molecule has 80 heavy (non-hydrogen) atoms. The van der Waals surface area contributed by atoms with Crippen LogP contribution in [0.3, 0.4) is 0 Å². The second-order valence-corrected chi connectivity index (χ2v) is 18.1. The Balaban J connectivity index is 1.34. The Kier molecular flexibility index (Phi) is 9.42. The summed E-state index contributed by atoms with van der Waals surface area (Å²) in [5.41, 5.74) is -5.74. The van der Waals surface area contributed by atoms with Crippen molar-refractivity contribution in [3.05, 3.63) is 11.1 Å². The maximum atomic E-state index is 12.3. The Labute approximate surface area is 434 Å². The number of hydrogen-bond donors (Lipinski definition) is 30. The quantitative estimate of drug-likeness (QED) is 0.0516. The second-order valence-electron chi connectivity index (χ2n) is 18.1. The number of aromatic hydroxyl groups is 28. The smallest absolute Gasteiger partial charge is 0.205 e. The molecule has 1 aliphatic rings. The number of rotatable bonds is 3. The normalized spacial score (nSPS) is 12.9. The van der Waals surface area contributed by atoms with E-state index in [-0.39, 0.29) is 0 Å². The van der Waals surface area contributed by atoms with Gasteiger partial charge in [-0.2, -0.15) is 0 Å². The molecule has 0 radical (unpaired) electrons. The summed E-state index contributed by atoms with van der Waals surface area (Å²) >= 11 is 0. The van der Waals surface area contributed by atoms with Gasteiger partial charge in [-0.1, -0.05) is 0 Å². The van der Waals surface area contributed by atoms with Gasteiger partial charge in [-0.25, -0.2) is 0 Å². The van der Waals surface area contributed by atoms with E-state index in [0.29, 0.717) is 0 Å². The molecule has 31 heteroatoms. The number of phenolic OH excluding ortho intramolecular Hbond substituents is 28. The minimum absolute atomic E-state index is 0.991. The molecule has 0 bridgehead atoms. The van der Waals surface area contributed by atoms with Crippen LogP contribution in [0.25, 0.3) is 98.8 Å². The van der Waals surface area contributed by atoms with Gasteiger partial charge in [-0.15, -0.1) is 0 Å². The van der Waals surface area contributed by atoms with Gasteiger partial charge in [0, 0.05) is 65.9 Å². The second kappa shape index (κ2) is 15.0. The van der Waals surface area contributed by atoms with Gasteiger partial charge in [0.2, 0.25) is 57.5 Å². The van der Waals surface area contributed by atoms with E-state index < -0.39 is 277 Å².